The molecule has 14 heavy (non-hydrogen) atoms. The quantitative estimate of drug-likeness (QED) is 0.747. The smallest absolute Gasteiger partial charge is 0.0277 e. The third-order valence-corrected chi connectivity index (χ3v) is 3.58. The lowest BCUT2D eigenvalue weighted by Gasteiger charge is -2.45. The van der Waals surface area contributed by atoms with E-state index in [0.717, 1.165) is 6.54 Å². The summed E-state index contributed by atoms with van der Waals surface area (Å²) in [6, 6.07) is 0. The maximum absolute atomic E-state index is 3.28. The van der Waals surface area contributed by atoms with E-state index < -0.39 is 0 Å². The molecule has 1 rings (SSSR count). The fourth-order valence-corrected chi connectivity index (χ4v) is 2.26. The van der Waals surface area contributed by atoms with Crippen molar-refractivity contribution in [3.63, 3.8) is 0 Å². The number of nitrogens with zero attached hydrogens (tertiary/aromatic N) is 1. The zero-order valence-electron chi connectivity index (χ0n) is 10.5. The van der Waals surface area contributed by atoms with Crippen molar-refractivity contribution >= 4 is 0 Å². The molecule has 1 heterocycles. The standard InChI is InChI=1S/C12H26N2/c1-11(2)6-8-14(9-7-11)12(3,4)10-13-5/h13H,6-10H2,1-5H3. The first kappa shape index (κ1) is 12.0. The second kappa shape index (κ2) is 4.19. The minimum absolute atomic E-state index is 0.311. The minimum atomic E-state index is 0.311. The Morgan fingerprint density at radius 1 is 1.21 bits per heavy atom. The molecule has 0 aliphatic carbocycles. The van der Waals surface area contributed by atoms with Crippen LogP contribution in [0.4, 0.5) is 0 Å². The molecule has 0 atom stereocenters. The fourth-order valence-electron chi connectivity index (χ4n) is 2.26. The van der Waals surface area contributed by atoms with Crippen LogP contribution < -0.4 is 5.32 Å². The van der Waals surface area contributed by atoms with E-state index >= 15 is 0 Å². The highest BCUT2D eigenvalue weighted by atomic mass is 15.2. The maximum atomic E-state index is 3.28. The molecule has 1 aliphatic heterocycles. The zero-order valence-corrected chi connectivity index (χ0v) is 10.5. The summed E-state index contributed by atoms with van der Waals surface area (Å²) in [4.78, 5) is 2.62. The number of likely N-dealkylation sites (N-methyl/N-ethyl adjacent to an activating group) is 1. The second-order valence-electron chi connectivity index (χ2n) is 5.99. The number of likely N-dealkylation sites (tertiary alicyclic amines) is 1. The van der Waals surface area contributed by atoms with Crippen LogP contribution >= 0.6 is 0 Å². The Morgan fingerprint density at radius 3 is 2.14 bits per heavy atom. The van der Waals surface area contributed by atoms with E-state index in [0.29, 0.717) is 11.0 Å². The van der Waals surface area contributed by atoms with Gasteiger partial charge in [0.2, 0.25) is 0 Å². The van der Waals surface area contributed by atoms with Crippen molar-refractivity contribution in [2.24, 2.45) is 5.41 Å². The van der Waals surface area contributed by atoms with Gasteiger partial charge in [0.05, 0.1) is 0 Å². The number of rotatable bonds is 3. The van der Waals surface area contributed by atoms with Gasteiger partial charge < -0.3 is 5.32 Å². The molecule has 1 fully saturated rings. The summed E-state index contributed by atoms with van der Waals surface area (Å²) in [5.74, 6) is 0. The number of hydrogen-bond acceptors (Lipinski definition) is 2. The van der Waals surface area contributed by atoms with E-state index in [2.05, 4.69) is 37.9 Å². The molecule has 0 unspecified atom stereocenters. The van der Waals surface area contributed by atoms with Gasteiger partial charge in [0, 0.05) is 12.1 Å². The molecular weight excluding hydrogens is 172 g/mol. The van der Waals surface area contributed by atoms with Crippen molar-refractivity contribution in [2.45, 2.75) is 46.1 Å². The Balaban J connectivity index is 2.48. The van der Waals surface area contributed by atoms with Gasteiger partial charge in [-0.25, -0.2) is 0 Å². The van der Waals surface area contributed by atoms with Crippen LogP contribution in [0, 0.1) is 5.41 Å². The second-order valence-corrected chi connectivity index (χ2v) is 5.99. The Hall–Kier alpha value is -0.0800. The van der Waals surface area contributed by atoms with Gasteiger partial charge in [-0.05, 0) is 52.2 Å². The van der Waals surface area contributed by atoms with E-state index in [9.17, 15) is 0 Å². The zero-order chi connectivity index (χ0) is 10.8. The van der Waals surface area contributed by atoms with Crippen molar-refractivity contribution in [3.8, 4) is 0 Å². The van der Waals surface area contributed by atoms with E-state index in [1.165, 1.54) is 25.9 Å². The Kier molecular flexibility index (Phi) is 3.59. The predicted octanol–water partition coefficient (Wildman–Crippen LogP) is 2.11. The average Bonchev–Trinajstić information content (AvgIpc) is 2.03. The highest BCUT2D eigenvalue weighted by Crippen LogP contribution is 2.32. The summed E-state index contributed by atoms with van der Waals surface area (Å²) in [6.07, 6.45) is 2.67. The SMILES string of the molecule is CNCC(C)(C)N1CCC(C)(C)CC1. The molecule has 1 N–H and O–H groups in total. The summed E-state index contributed by atoms with van der Waals surface area (Å²) >= 11 is 0. The normalized spacial score (nSPS) is 23.8. The predicted molar refractivity (Wildman–Crippen MR) is 62.6 cm³/mol. The van der Waals surface area contributed by atoms with Crippen LogP contribution in [-0.4, -0.2) is 37.1 Å². The monoisotopic (exact) mass is 198 g/mol. The summed E-state index contributed by atoms with van der Waals surface area (Å²) in [5, 5.41) is 3.28. The van der Waals surface area contributed by atoms with Crippen LogP contribution in [-0.2, 0) is 0 Å². The van der Waals surface area contributed by atoms with Gasteiger partial charge in [0.1, 0.15) is 0 Å². The van der Waals surface area contributed by atoms with Crippen molar-refractivity contribution in [1.29, 1.82) is 0 Å². The first-order valence-electron chi connectivity index (χ1n) is 5.77. The molecule has 0 amide bonds. The third-order valence-electron chi connectivity index (χ3n) is 3.58. The van der Waals surface area contributed by atoms with Gasteiger partial charge in [-0.1, -0.05) is 13.8 Å². The van der Waals surface area contributed by atoms with Crippen LogP contribution in [0.5, 0.6) is 0 Å². The van der Waals surface area contributed by atoms with Gasteiger partial charge in [-0.3, -0.25) is 4.90 Å². The maximum Gasteiger partial charge on any atom is 0.0277 e. The molecule has 0 radical (unpaired) electrons. The Bertz CT molecular complexity index is 175. The molecule has 0 bridgehead atoms. The highest BCUT2D eigenvalue weighted by Gasteiger charge is 2.32. The van der Waals surface area contributed by atoms with Gasteiger partial charge in [-0.15, -0.1) is 0 Å². The van der Waals surface area contributed by atoms with Crippen molar-refractivity contribution in [2.75, 3.05) is 26.7 Å². The van der Waals surface area contributed by atoms with E-state index in [1.807, 2.05) is 7.05 Å². The molecular formula is C12H26N2. The number of nitrogens with one attached hydrogen (secondary N) is 1. The summed E-state index contributed by atoms with van der Waals surface area (Å²) < 4.78 is 0. The Labute approximate surface area is 89.1 Å². The molecule has 2 heteroatoms. The van der Waals surface area contributed by atoms with Crippen molar-refractivity contribution in [1.82, 2.24) is 10.2 Å². The molecule has 0 saturated carbocycles. The molecule has 84 valence electrons. The summed E-state index contributed by atoms with van der Waals surface area (Å²) in [7, 11) is 2.04. The lowest BCUT2D eigenvalue weighted by atomic mass is 9.81. The van der Waals surface area contributed by atoms with Gasteiger partial charge in [-0.2, -0.15) is 0 Å². The van der Waals surface area contributed by atoms with Gasteiger partial charge in [0.25, 0.3) is 0 Å². The average molecular weight is 198 g/mol. The number of piperidine rings is 1. The molecule has 0 aromatic rings. The highest BCUT2D eigenvalue weighted by molar-refractivity contribution is 4.88. The first-order chi connectivity index (χ1) is 6.37. The van der Waals surface area contributed by atoms with Crippen LogP contribution in [0.25, 0.3) is 0 Å². The lowest BCUT2D eigenvalue weighted by molar-refractivity contribution is 0.0497. The largest absolute Gasteiger partial charge is 0.318 e. The fraction of sp³-hybridized carbons (Fsp3) is 1.00. The minimum Gasteiger partial charge on any atom is -0.318 e. The van der Waals surface area contributed by atoms with E-state index in [-0.39, 0.29) is 0 Å². The molecule has 0 aromatic carbocycles. The number of hydrogen-bond donors (Lipinski definition) is 1. The summed E-state index contributed by atoms with van der Waals surface area (Å²) in [5.41, 5.74) is 0.872. The first-order valence-corrected chi connectivity index (χ1v) is 5.77. The van der Waals surface area contributed by atoms with Crippen LogP contribution in [0.3, 0.4) is 0 Å². The summed E-state index contributed by atoms with van der Waals surface area (Å²) in [6.45, 7) is 13.0. The van der Waals surface area contributed by atoms with Crippen LogP contribution in [0.2, 0.25) is 0 Å². The van der Waals surface area contributed by atoms with Crippen molar-refractivity contribution < 1.29 is 0 Å². The molecule has 0 aromatic heterocycles. The van der Waals surface area contributed by atoms with Gasteiger partial charge in [0.15, 0.2) is 0 Å². The lowest BCUT2D eigenvalue weighted by Crippen LogP contribution is -2.53. The van der Waals surface area contributed by atoms with Gasteiger partial charge >= 0.3 is 0 Å². The van der Waals surface area contributed by atoms with Crippen molar-refractivity contribution in [3.05, 3.63) is 0 Å². The molecule has 0 spiro atoms. The van der Waals surface area contributed by atoms with E-state index in [4.69, 9.17) is 0 Å². The topological polar surface area (TPSA) is 15.3 Å². The molecule has 1 saturated heterocycles. The van der Waals surface area contributed by atoms with E-state index in [1.54, 1.807) is 0 Å². The molecule has 2 nitrogen and oxygen atoms in total. The third kappa shape index (κ3) is 2.96. The van der Waals surface area contributed by atoms with Crippen LogP contribution in [0.15, 0.2) is 0 Å². The molecule has 1 aliphatic rings. The van der Waals surface area contributed by atoms with Crippen LogP contribution in [0.1, 0.15) is 40.5 Å². The Morgan fingerprint density at radius 2 is 1.71 bits per heavy atom.